The first kappa shape index (κ1) is 15.0. The minimum Gasteiger partial charge on any atom is -0.305 e. The van der Waals surface area contributed by atoms with E-state index in [2.05, 4.69) is 36.3 Å². The van der Waals surface area contributed by atoms with Crippen molar-refractivity contribution >= 4 is 22.9 Å². The van der Waals surface area contributed by atoms with Crippen LogP contribution in [-0.4, -0.2) is 11.0 Å². The second kappa shape index (κ2) is 6.47. The Morgan fingerprint density at radius 2 is 2.14 bits per heavy atom. The molecule has 1 fully saturated rings. The van der Waals surface area contributed by atoms with E-state index in [1.54, 1.807) is 0 Å². The molecule has 4 heteroatoms. The first-order valence-electron chi connectivity index (χ1n) is 7.62. The van der Waals surface area contributed by atoms with Gasteiger partial charge in [0.15, 0.2) is 0 Å². The van der Waals surface area contributed by atoms with Crippen LogP contribution in [0.2, 0.25) is 5.02 Å². The molecule has 1 atom stereocenters. The van der Waals surface area contributed by atoms with Gasteiger partial charge in [-0.05, 0) is 43.7 Å². The highest BCUT2D eigenvalue weighted by Gasteiger charge is 2.32. The molecule has 0 amide bonds. The van der Waals surface area contributed by atoms with E-state index in [0.717, 1.165) is 11.4 Å². The number of aryl methyl sites for hydroxylation is 1. The third-order valence-electron chi connectivity index (χ3n) is 4.26. The molecule has 0 radical (unpaired) electrons. The molecule has 0 aliphatic heterocycles. The number of benzene rings is 1. The largest absolute Gasteiger partial charge is 0.305 e. The number of hydrogen-bond donors (Lipinski definition) is 1. The third-order valence-corrected chi connectivity index (χ3v) is 5.93. The van der Waals surface area contributed by atoms with Gasteiger partial charge in [0.25, 0.3) is 0 Å². The molecule has 3 rings (SSSR count). The summed E-state index contributed by atoms with van der Waals surface area (Å²) >= 11 is 8.09. The molecule has 21 heavy (non-hydrogen) atoms. The van der Waals surface area contributed by atoms with Crippen molar-refractivity contribution in [3.05, 3.63) is 50.9 Å². The van der Waals surface area contributed by atoms with Crippen molar-refractivity contribution in [2.75, 3.05) is 0 Å². The first-order valence-corrected chi connectivity index (χ1v) is 8.82. The lowest BCUT2D eigenvalue weighted by molar-refractivity contribution is 0.271. The molecule has 2 nitrogen and oxygen atoms in total. The molecule has 1 saturated carbocycles. The maximum absolute atomic E-state index is 6.27. The molecule has 1 heterocycles. The number of rotatable bonds is 5. The topological polar surface area (TPSA) is 24.9 Å². The summed E-state index contributed by atoms with van der Waals surface area (Å²) in [4.78, 5) is 5.89. The third kappa shape index (κ3) is 3.31. The molecule has 2 aromatic rings. The van der Waals surface area contributed by atoms with Crippen LogP contribution in [-0.2, 0) is 6.42 Å². The van der Waals surface area contributed by atoms with Crippen LogP contribution in [0.25, 0.3) is 0 Å². The molecule has 1 aromatic heterocycles. The van der Waals surface area contributed by atoms with Gasteiger partial charge in [0, 0.05) is 22.1 Å². The van der Waals surface area contributed by atoms with E-state index in [9.17, 15) is 0 Å². The van der Waals surface area contributed by atoms with E-state index >= 15 is 0 Å². The van der Waals surface area contributed by atoms with E-state index in [1.807, 2.05) is 29.7 Å². The highest BCUT2D eigenvalue weighted by atomic mass is 35.5. The van der Waals surface area contributed by atoms with Crippen LogP contribution in [0.4, 0.5) is 0 Å². The lowest BCUT2D eigenvalue weighted by Gasteiger charge is -2.38. The van der Waals surface area contributed by atoms with Gasteiger partial charge >= 0.3 is 0 Å². The summed E-state index contributed by atoms with van der Waals surface area (Å²) in [5.74, 6) is 0.603. The molecule has 1 aliphatic carbocycles. The Kier molecular flexibility index (Phi) is 4.63. The van der Waals surface area contributed by atoms with E-state index in [4.69, 9.17) is 11.6 Å². The fourth-order valence-corrected chi connectivity index (χ4v) is 4.08. The molecule has 0 bridgehead atoms. The highest BCUT2D eigenvalue weighted by Crippen LogP contribution is 2.40. The Balaban J connectivity index is 1.54. The Hall–Kier alpha value is -0.900. The molecule has 0 spiro atoms. The van der Waals surface area contributed by atoms with Crippen molar-refractivity contribution in [1.82, 2.24) is 10.3 Å². The Morgan fingerprint density at radius 1 is 1.38 bits per heavy atom. The standard InChI is InChI=1S/C17H21ClN2S/c1-3-14-10-19-17(21-14)11(2)20-13-8-12(9-13)15-6-4-5-7-16(15)18/h4-7,10-13,20H,3,8-9H2,1-2H3. The second-order valence-electron chi connectivity index (χ2n) is 5.79. The van der Waals surface area contributed by atoms with Crippen LogP contribution in [0.15, 0.2) is 30.5 Å². The number of halogens is 1. The Labute approximate surface area is 135 Å². The summed E-state index contributed by atoms with van der Waals surface area (Å²) in [6, 6.07) is 9.13. The fraction of sp³-hybridized carbons (Fsp3) is 0.471. The number of nitrogens with zero attached hydrogens (tertiary/aromatic N) is 1. The average molecular weight is 321 g/mol. The van der Waals surface area contributed by atoms with Gasteiger partial charge in [0.1, 0.15) is 5.01 Å². The van der Waals surface area contributed by atoms with E-state index in [0.29, 0.717) is 18.0 Å². The van der Waals surface area contributed by atoms with E-state index < -0.39 is 0 Å². The zero-order chi connectivity index (χ0) is 14.8. The molecule has 112 valence electrons. The fourth-order valence-electron chi connectivity index (χ4n) is 2.93. The minimum absolute atomic E-state index is 0.340. The minimum atomic E-state index is 0.340. The zero-order valence-electron chi connectivity index (χ0n) is 12.5. The molecular weight excluding hydrogens is 300 g/mol. The van der Waals surface area contributed by atoms with Crippen molar-refractivity contribution in [2.45, 2.75) is 51.1 Å². The number of aromatic nitrogens is 1. The van der Waals surface area contributed by atoms with Crippen LogP contribution in [0.5, 0.6) is 0 Å². The smallest absolute Gasteiger partial charge is 0.109 e. The summed E-state index contributed by atoms with van der Waals surface area (Å²) in [5.41, 5.74) is 1.30. The quantitative estimate of drug-likeness (QED) is 0.842. The van der Waals surface area contributed by atoms with Crippen molar-refractivity contribution < 1.29 is 0 Å². The van der Waals surface area contributed by atoms with Crippen molar-refractivity contribution in [2.24, 2.45) is 0 Å². The molecule has 1 aliphatic rings. The zero-order valence-corrected chi connectivity index (χ0v) is 14.0. The second-order valence-corrected chi connectivity index (χ2v) is 7.35. The lowest BCUT2D eigenvalue weighted by Crippen LogP contribution is -2.41. The van der Waals surface area contributed by atoms with Gasteiger partial charge in [-0.25, -0.2) is 4.98 Å². The van der Waals surface area contributed by atoms with Gasteiger partial charge in [-0.15, -0.1) is 11.3 Å². The molecule has 1 aromatic carbocycles. The van der Waals surface area contributed by atoms with Gasteiger partial charge in [-0.2, -0.15) is 0 Å². The monoisotopic (exact) mass is 320 g/mol. The van der Waals surface area contributed by atoms with Gasteiger partial charge in [0.05, 0.1) is 6.04 Å². The van der Waals surface area contributed by atoms with Crippen LogP contribution in [0.3, 0.4) is 0 Å². The summed E-state index contributed by atoms with van der Waals surface area (Å²) in [6.07, 6.45) is 5.41. The predicted octanol–water partition coefficient (Wildman–Crippen LogP) is 4.96. The van der Waals surface area contributed by atoms with E-state index in [-0.39, 0.29) is 0 Å². The Morgan fingerprint density at radius 3 is 2.81 bits per heavy atom. The van der Waals surface area contributed by atoms with Crippen LogP contribution >= 0.6 is 22.9 Å². The Bertz CT molecular complexity index is 604. The van der Waals surface area contributed by atoms with E-state index in [1.165, 1.54) is 28.3 Å². The molecule has 0 saturated heterocycles. The highest BCUT2D eigenvalue weighted by molar-refractivity contribution is 7.11. The number of thiazole rings is 1. The average Bonchev–Trinajstić information content (AvgIpc) is 2.92. The normalized spacial score (nSPS) is 22.8. The van der Waals surface area contributed by atoms with Crippen LogP contribution < -0.4 is 5.32 Å². The predicted molar refractivity (Wildman–Crippen MR) is 90.3 cm³/mol. The summed E-state index contributed by atoms with van der Waals surface area (Å²) in [6.45, 7) is 4.39. The van der Waals surface area contributed by atoms with Crippen molar-refractivity contribution in [3.8, 4) is 0 Å². The van der Waals surface area contributed by atoms with Gasteiger partial charge < -0.3 is 5.32 Å². The molecule has 1 N–H and O–H groups in total. The summed E-state index contributed by atoms with van der Waals surface area (Å²) in [5, 5.41) is 5.80. The first-order chi connectivity index (χ1) is 10.2. The van der Waals surface area contributed by atoms with Gasteiger partial charge in [-0.3, -0.25) is 0 Å². The number of hydrogen-bond acceptors (Lipinski definition) is 3. The van der Waals surface area contributed by atoms with Gasteiger partial charge in [-0.1, -0.05) is 36.7 Å². The summed E-state index contributed by atoms with van der Waals surface area (Å²) < 4.78 is 0. The molecular formula is C17H21ClN2S. The maximum Gasteiger partial charge on any atom is 0.109 e. The summed E-state index contributed by atoms with van der Waals surface area (Å²) in [7, 11) is 0. The van der Waals surface area contributed by atoms with Crippen molar-refractivity contribution in [1.29, 1.82) is 0 Å². The van der Waals surface area contributed by atoms with Crippen LogP contribution in [0.1, 0.15) is 54.1 Å². The maximum atomic E-state index is 6.27. The van der Waals surface area contributed by atoms with Crippen molar-refractivity contribution in [3.63, 3.8) is 0 Å². The SMILES string of the molecule is CCc1cnc(C(C)NC2CC(c3ccccc3Cl)C2)s1. The lowest BCUT2D eigenvalue weighted by atomic mass is 9.75. The van der Waals surface area contributed by atoms with Crippen LogP contribution in [0, 0.1) is 0 Å². The molecule has 1 unspecified atom stereocenters. The van der Waals surface area contributed by atoms with Gasteiger partial charge in [0.2, 0.25) is 0 Å². The number of nitrogens with one attached hydrogen (secondary N) is 1.